The van der Waals surface area contributed by atoms with Gasteiger partial charge in [-0.25, -0.2) is 0 Å². The quantitative estimate of drug-likeness (QED) is 0.858. The third-order valence-corrected chi connectivity index (χ3v) is 4.21. The lowest BCUT2D eigenvalue weighted by atomic mass is 10.1. The van der Waals surface area contributed by atoms with Crippen molar-refractivity contribution in [1.82, 2.24) is 4.90 Å². The Balaban J connectivity index is 1.67. The lowest BCUT2D eigenvalue weighted by Gasteiger charge is -2.31. The van der Waals surface area contributed by atoms with Gasteiger partial charge in [-0.3, -0.25) is 4.90 Å². The molecule has 20 heavy (non-hydrogen) atoms. The Morgan fingerprint density at radius 2 is 2.00 bits per heavy atom. The van der Waals surface area contributed by atoms with Crippen LogP contribution in [0, 0.1) is 0 Å². The second-order valence-corrected chi connectivity index (χ2v) is 5.72. The van der Waals surface area contributed by atoms with Gasteiger partial charge in [0.1, 0.15) is 13.2 Å². The summed E-state index contributed by atoms with van der Waals surface area (Å²) in [6.07, 6.45) is 2.60. The monoisotopic (exact) mass is 297 g/mol. The standard InChI is InChI=1S/C15H20ClNO3/c1-18-12-2-4-17(5-3-12)10-11-8-13(16)15-14(9-11)19-6-7-20-15/h8-9,12H,2-7,10H2,1H3. The maximum atomic E-state index is 6.27. The molecule has 0 radical (unpaired) electrons. The highest BCUT2D eigenvalue weighted by Gasteiger charge is 2.21. The van der Waals surface area contributed by atoms with Gasteiger partial charge >= 0.3 is 0 Å². The van der Waals surface area contributed by atoms with E-state index >= 15 is 0 Å². The largest absolute Gasteiger partial charge is 0.486 e. The molecular formula is C15H20ClNO3. The fraction of sp³-hybridized carbons (Fsp3) is 0.600. The lowest BCUT2D eigenvalue weighted by Crippen LogP contribution is -2.36. The Morgan fingerprint density at radius 3 is 2.75 bits per heavy atom. The summed E-state index contributed by atoms with van der Waals surface area (Å²) in [5.74, 6) is 1.45. The molecular weight excluding hydrogens is 278 g/mol. The van der Waals surface area contributed by atoms with Crippen LogP contribution < -0.4 is 9.47 Å². The zero-order valence-electron chi connectivity index (χ0n) is 11.7. The van der Waals surface area contributed by atoms with Crippen LogP contribution in [-0.4, -0.2) is 44.4 Å². The van der Waals surface area contributed by atoms with Gasteiger partial charge in [0.2, 0.25) is 0 Å². The zero-order chi connectivity index (χ0) is 13.9. The summed E-state index contributed by atoms with van der Waals surface area (Å²) in [5, 5.41) is 0.643. The van der Waals surface area contributed by atoms with Crippen molar-refractivity contribution in [2.75, 3.05) is 33.4 Å². The van der Waals surface area contributed by atoms with E-state index in [2.05, 4.69) is 4.90 Å². The highest BCUT2D eigenvalue weighted by atomic mass is 35.5. The first-order valence-corrected chi connectivity index (χ1v) is 7.47. The van der Waals surface area contributed by atoms with E-state index in [1.165, 1.54) is 5.56 Å². The number of ether oxygens (including phenoxy) is 3. The van der Waals surface area contributed by atoms with Gasteiger partial charge in [-0.05, 0) is 30.5 Å². The molecule has 2 aliphatic heterocycles. The van der Waals surface area contributed by atoms with E-state index in [4.69, 9.17) is 25.8 Å². The molecule has 5 heteroatoms. The van der Waals surface area contributed by atoms with Crippen molar-refractivity contribution in [2.45, 2.75) is 25.5 Å². The summed E-state index contributed by atoms with van der Waals surface area (Å²) in [4.78, 5) is 2.43. The first-order valence-electron chi connectivity index (χ1n) is 7.09. The smallest absolute Gasteiger partial charge is 0.179 e. The molecule has 0 atom stereocenters. The number of nitrogens with zero attached hydrogens (tertiary/aromatic N) is 1. The van der Waals surface area contributed by atoms with Crippen LogP contribution in [0.3, 0.4) is 0 Å². The average Bonchev–Trinajstić information content (AvgIpc) is 2.48. The van der Waals surface area contributed by atoms with Crippen molar-refractivity contribution in [3.05, 3.63) is 22.7 Å². The number of benzene rings is 1. The first-order chi connectivity index (χ1) is 9.76. The maximum absolute atomic E-state index is 6.27. The fourth-order valence-electron chi connectivity index (χ4n) is 2.82. The van der Waals surface area contributed by atoms with Crippen molar-refractivity contribution in [3.63, 3.8) is 0 Å². The van der Waals surface area contributed by atoms with Gasteiger partial charge in [0.05, 0.1) is 11.1 Å². The number of rotatable bonds is 3. The van der Waals surface area contributed by atoms with Crippen LogP contribution in [0.25, 0.3) is 0 Å². The number of fused-ring (bicyclic) bond motifs is 1. The van der Waals surface area contributed by atoms with E-state index in [9.17, 15) is 0 Å². The van der Waals surface area contributed by atoms with Crippen LogP contribution in [0.2, 0.25) is 5.02 Å². The molecule has 1 aromatic carbocycles. The van der Waals surface area contributed by atoms with Crippen LogP contribution in [-0.2, 0) is 11.3 Å². The van der Waals surface area contributed by atoms with Crippen molar-refractivity contribution in [3.8, 4) is 11.5 Å². The Morgan fingerprint density at radius 1 is 1.25 bits per heavy atom. The zero-order valence-corrected chi connectivity index (χ0v) is 12.5. The molecule has 110 valence electrons. The third-order valence-electron chi connectivity index (χ3n) is 3.93. The molecule has 0 amide bonds. The summed E-state index contributed by atoms with van der Waals surface area (Å²) >= 11 is 6.27. The summed E-state index contributed by atoms with van der Waals surface area (Å²) < 4.78 is 16.6. The molecule has 0 N–H and O–H groups in total. The Hall–Kier alpha value is -0.970. The van der Waals surface area contributed by atoms with Gasteiger partial charge in [-0.15, -0.1) is 0 Å². The highest BCUT2D eigenvalue weighted by molar-refractivity contribution is 6.32. The van der Waals surface area contributed by atoms with Gasteiger partial charge in [0.25, 0.3) is 0 Å². The molecule has 0 aliphatic carbocycles. The summed E-state index contributed by atoms with van der Waals surface area (Å²) in [6.45, 7) is 4.17. The second kappa shape index (κ2) is 6.20. The molecule has 0 aromatic heterocycles. The normalized spacial score (nSPS) is 20.1. The van der Waals surface area contributed by atoms with Crippen molar-refractivity contribution in [1.29, 1.82) is 0 Å². The van der Waals surface area contributed by atoms with Crippen LogP contribution in [0.4, 0.5) is 0 Å². The Kier molecular flexibility index (Phi) is 4.34. The van der Waals surface area contributed by atoms with Crippen LogP contribution >= 0.6 is 11.6 Å². The van der Waals surface area contributed by atoms with Crippen molar-refractivity contribution >= 4 is 11.6 Å². The first kappa shape index (κ1) is 14.0. The predicted molar refractivity (Wildman–Crippen MR) is 77.8 cm³/mol. The lowest BCUT2D eigenvalue weighted by molar-refractivity contribution is 0.0388. The van der Waals surface area contributed by atoms with Gasteiger partial charge in [-0.2, -0.15) is 0 Å². The van der Waals surface area contributed by atoms with Crippen LogP contribution in [0.5, 0.6) is 11.5 Å². The molecule has 1 fully saturated rings. The molecule has 0 saturated carbocycles. The number of likely N-dealkylation sites (tertiary alicyclic amines) is 1. The minimum absolute atomic E-state index is 0.412. The Bertz CT molecular complexity index is 472. The van der Waals surface area contributed by atoms with E-state index in [-0.39, 0.29) is 0 Å². The van der Waals surface area contributed by atoms with E-state index < -0.39 is 0 Å². The summed E-state index contributed by atoms with van der Waals surface area (Å²) in [5.41, 5.74) is 1.18. The van der Waals surface area contributed by atoms with Crippen LogP contribution in [0.1, 0.15) is 18.4 Å². The number of hydrogen-bond acceptors (Lipinski definition) is 4. The molecule has 1 aromatic rings. The molecule has 0 spiro atoms. The van der Waals surface area contributed by atoms with Gasteiger partial charge in [0, 0.05) is 26.7 Å². The van der Waals surface area contributed by atoms with E-state index in [1.807, 2.05) is 12.1 Å². The molecule has 2 heterocycles. The number of halogens is 1. The predicted octanol–water partition coefficient (Wildman–Crippen LogP) is 2.72. The minimum Gasteiger partial charge on any atom is -0.486 e. The molecule has 0 unspecified atom stereocenters. The number of piperidine rings is 1. The molecule has 3 rings (SSSR count). The SMILES string of the molecule is COC1CCN(Cc2cc(Cl)c3c(c2)OCCO3)CC1. The van der Waals surface area contributed by atoms with E-state index in [0.29, 0.717) is 30.1 Å². The molecule has 1 saturated heterocycles. The highest BCUT2D eigenvalue weighted by Crippen LogP contribution is 2.38. The molecule has 2 aliphatic rings. The Labute approximate surface area is 124 Å². The second-order valence-electron chi connectivity index (χ2n) is 5.31. The van der Waals surface area contributed by atoms with E-state index in [1.54, 1.807) is 7.11 Å². The number of methoxy groups -OCH3 is 1. The topological polar surface area (TPSA) is 30.9 Å². The minimum atomic E-state index is 0.412. The number of hydrogen-bond donors (Lipinski definition) is 0. The van der Waals surface area contributed by atoms with Crippen molar-refractivity contribution < 1.29 is 14.2 Å². The summed E-state index contributed by atoms with van der Waals surface area (Å²) in [7, 11) is 1.79. The maximum Gasteiger partial charge on any atom is 0.179 e. The molecule has 0 bridgehead atoms. The van der Waals surface area contributed by atoms with Gasteiger partial charge in [-0.1, -0.05) is 11.6 Å². The van der Waals surface area contributed by atoms with Gasteiger partial charge < -0.3 is 14.2 Å². The fourth-order valence-corrected chi connectivity index (χ4v) is 3.10. The van der Waals surface area contributed by atoms with Gasteiger partial charge in [0.15, 0.2) is 11.5 Å². The average molecular weight is 298 g/mol. The molecule has 4 nitrogen and oxygen atoms in total. The van der Waals surface area contributed by atoms with E-state index in [0.717, 1.165) is 38.2 Å². The van der Waals surface area contributed by atoms with Crippen LogP contribution in [0.15, 0.2) is 12.1 Å². The van der Waals surface area contributed by atoms with Crippen molar-refractivity contribution in [2.24, 2.45) is 0 Å². The summed E-state index contributed by atoms with van der Waals surface area (Å²) in [6, 6.07) is 4.03. The third kappa shape index (κ3) is 3.03.